The number of halogens is 3. The number of nitrogens with zero attached hydrogens (tertiary/aromatic N) is 6. The lowest BCUT2D eigenvalue weighted by Gasteiger charge is -2.20. The fourth-order valence-electron chi connectivity index (χ4n) is 12.3. The summed E-state index contributed by atoms with van der Waals surface area (Å²) in [5, 5.41) is 19.4. The van der Waals surface area contributed by atoms with Crippen LogP contribution in [0.15, 0.2) is 237 Å². The predicted molar refractivity (Wildman–Crippen MR) is 311 cm³/mol. The average Bonchev–Trinajstić information content (AvgIpc) is 4.38. The van der Waals surface area contributed by atoms with E-state index in [4.69, 9.17) is 6.57 Å². The molecule has 4 aromatic heterocycles. The van der Waals surface area contributed by atoms with Crippen LogP contribution in [0, 0.1) is 17.9 Å². The minimum absolute atomic E-state index is 0.138. The molecule has 0 amide bonds. The minimum Gasteiger partial charge on any atom is -0.309 e. The first-order valence-electron chi connectivity index (χ1n) is 25.6. The van der Waals surface area contributed by atoms with Gasteiger partial charge in [-0.1, -0.05) is 127 Å². The Labute approximate surface area is 443 Å². The van der Waals surface area contributed by atoms with E-state index in [-0.39, 0.29) is 5.69 Å². The largest absolute Gasteiger partial charge is 0.415 e. The van der Waals surface area contributed by atoms with Gasteiger partial charge in [-0.3, -0.25) is 0 Å². The Balaban J connectivity index is 0.987. The molecule has 0 N–H and O–H groups in total. The van der Waals surface area contributed by atoms with Gasteiger partial charge < -0.3 is 18.3 Å². The van der Waals surface area contributed by atoms with E-state index < -0.39 is 11.7 Å². The van der Waals surface area contributed by atoms with Crippen molar-refractivity contribution in [3.63, 3.8) is 0 Å². The number of hydrogen-bond donors (Lipinski definition) is 0. The zero-order valence-electron chi connectivity index (χ0n) is 41.3. The van der Waals surface area contributed by atoms with Crippen LogP contribution in [0.1, 0.15) is 11.1 Å². The van der Waals surface area contributed by atoms with Crippen molar-refractivity contribution in [2.75, 3.05) is 0 Å². The highest BCUT2D eigenvalue weighted by Crippen LogP contribution is 2.47. The summed E-state index contributed by atoms with van der Waals surface area (Å²) in [5.41, 5.74) is 13.2. The number of alkyl halides is 3. The number of benzene rings is 11. The van der Waals surface area contributed by atoms with Crippen LogP contribution in [0.5, 0.6) is 0 Å². The minimum atomic E-state index is -4.66. The van der Waals surface area contributed by atoms with Crippen LogP contribution in [0.3, 0.4) is 0 Å². The summed E-state index contributed by atoms with van der Waals surface area (Å²) < 4.78 is 52.1. The molecule has 15 aromatic rings. The maximum atomic E-state index is 14.3. The van der Waals surface area contributed by atoms with Crippen LogP contribution < -0.4 is 0 Å². The van der Waals surface area contributed by atoms with Gasteiger partial charge in [0.15, 0.2) is 5.69 Å². The third kappa shape index (κ3) is 6.62. The van der Waals surface area contributed by atoms with Crippen molar-refractivity contribution in [2.45, 2.75) is 6.18 Å². The molecule has 78 heavy (non-hydrogen) atoms. The molecule has 15 rings (SSSR count). The van der Waals surface area contributed by atoms with Crippen LogP contribution in [0.25, 0.3) is 137 Å². The normalized spacial score (nSPS) is 12.0. The predicted octanol–water partition coefficient (Wildman–Crippen LogP) is 18.9. The van der Waals surface area contributed by atoms with Crippen LogP contribution in [0.2, 0.25) is 0 Å². The van der Waals surface area contributed by atoms with Crippen LogP contribution in [-0.4, -0.2) is 18.3 Å². The molecule has 9 heteroatoms. The molecule has 4 heterocycles. The van der Waals surface area contributed by atoms with Crippen molar-refractivity contribution < 1.29 is 13.2 Å². The summed E-state index contributed by atoms with van der Waals surface area (Å²) in [6, 6.07) is 80.7. The number of para-hydroxylation sites is 6. The molecule has 0 aliphatic heterocycles. The summed E-state index contributed by atoms with van der Waals surface area (Å²) in [4.78, 5) is 3.72. The van der Waals surface area contributed by atoms with E-state index in [2.05, 4.69) is 193 Å². The number of hydrogen-bond acceptors (Lipinski definition) is 1. The standard InChI is InChI=1S/C69H39F3N6/c1-74-59-37-43(69(70,71)72)27-31-48(59)47-32-28-44(77-64-24-12-6-18-53(64)57-39-45(29-34-66(57)77)75-60-20-8-2-14-49(60)50-15-3-9-21-61(50)75)38-55(47)56-36-42(41-73)26-33-67(56)78-65-25-13-7-19-54(65)58-40-46(30-35-68(58)78)76-62-22-10-4-16-51(62)52-17-5-11-23-63(52)76/h2-40H. The molecule has 0 saturated heterocycles. The summed E-state index contributed by atoms with van der Waals surface area (Å²) in [6.07, 6.45) is -4.66. The van der Waals surface area contributed by atoms with E-state index in [1.54, 1.807) is 6.07 Å². The lowest BCUT2D eigenvalue weighted by molar-refractivity contribution is -0.137. The first-order chi connectivity index (χ1) is 38.2. The molecule has 0 spiro atoms. The lowest BCUT2D eigenvalue weighted by atomic mass is 9.90. The van der Waals surface area contributed by atoms with E-state index in [0.717, 1.165) is 111 Å². The van der Waals surface area contributed by atoms with Crippen molar-refractivity contribution in [2.24, 2.45) is 0 Å². The Morgan fingerprint density at radius 3 is 1.18 bits per heavy atom. The second kappa shape index (κ2) is 17.0. The third-order valence-corrected chi connectivity index (χ3v) is 15.6. The summed E-state index contributed by atoms with van der Waals surface area (Å²) in [7, 11) is 0. The molecule has 0 fully saturated rings. The molecule has 0 bridgehead atoms. The van der Waals surface area contributed by atoms with E-state index in [0.29, 0.717) is 27.8 Å². The van der Waals surface area contributed by atoms with Crippen LogP contribution >= 0.6 is 0 Å². The van der Waals surface area contributed by atoms with E-state index in [1.807, 2.05) is 48.5 Å². The Morgan fingerprint density at radius 2 is 0.731 bits per heavy atom. The van der Waals surface area contributed by atoms with Gasteiger partial charge in [0.2, 0.25) is 0 Å². The Morgan fingerprint density at radius 1 is 0.346 bits per heavy atom. The maximum Gasteiger partial charge on any atom is 0.415 e. The molecule has 0 aliphatic carbocycles. The molecular weight excluding hydrogens is 970 g/mol. The van der Waals surface area contributed by atoms with Crippen LogP contribution in [-0.2, 0) is 6.18 Å². The molecule has 0 saturated carbocycles. The Kier molecular flexibility index (Phi) is 9.75. The van der Waals surface area contributed by atoms with Crippen molar-refractivity contribution in [3.05, 3.63) is 259 Å². The van der Waals surface area contributed by atoms with Crippen molar-refractivity contribution >= 4 is 92.9 Å². The molecule has 0 atom stereocenters. The molecule has 366 valence electrons. The van der Waals surface area contributed by atoms with Gasteiger partial charge in [-0.05, 0) is 126 Å². The zero-order chi connectivity index (χ0) is 52.4. The molecule has 11 aromatic carbocycles. The summed E-state index contributed by atoms with van der Waals surface area (Å²) in [6.45, 7) is 8.27. The fraction of sp³-hybridized carbons (Fsp3) is 0.0145. The van der Waals surface area contributed by atoms with Crippen molar-refractivity contribution in [3.8, 4) is 51.1 Å². The highest BCUT2D eigenvalue weighted by molar-refractivity contribution is 6.15. The van der Waals surface area contributed by atoms with Crippen LogP contribution in [0.4, 0.5) is 18.9 Å². The lowest BCUT2D eigenvalue weighted by Crippen LogP contribution is -2.04. The van der Waals surface area contributed by atoms with Crippen molar-refractivity contribution in [1.82, 2.24) is 18.3 Å². The second-order valence-corrected chi connectivity index (χ2v) is 19.8. The number of fused-ring (bicyclic) bond motifs is 12. The van der Waals surface area contributed by atoms with Gasteiger partial charge in [-0.25, -0.2) is 4.85 Å². The van der Waals surface area contributed by atoms with Gasteiger partial charge in [-0.15, -0.1) is 0 Å². The topological polar surface area (TPSA) is 47.9 Å². The zero-order valence-corrected chi connectivity index (χ0v) is 41.3. The number of nitriles is 1. The molecule has 6 nitrogen and oxygen atoms in total. The Bertz CT molecular complexity index is 5020. The summed E-state index contributed by atoms with van der Waals surface area (Å²) >= 11 is 0. The highest BCUT2D eigenvalue weighted by atomic mass is 19.4. The number of rotatable bonds is 6. The molecule has 0 aliphatic rings. The Hall–Kier alpha value is -10.6. The maximum absolute atomic E-state index is 14.3. The third-order valence-electron chi connectivity index (χ3n) is 15.6. The average molecular weight is 1010 g/mol. The van der Waals surface area contributed by atoms with Gasteiger partial charge >= 0.3 is 6.18 Å². The quantitative estimate of drug-likeness (QED) is 0.153. The van der Waals surface area contributed by atoms with Gasteiger partial charge in [0.1, 0.15) is 0 Å². The first kappa shape index (κ1) is 44.8. The fourth-order valence-corrected chi connectivity index (χ4v) is 12.3. The molecular formula is C69H39F3N6. The monoisotopic (exact) mass is 1010 g/mol. The number of aromatic nitrogens is 4. The van der Waals surface area contributed by atoms with Gasteiger partial charge in [-0.2, -0.15) is 18.4 Å². The van der Waals surface area contributed by atoms with E-state index in [1.165, 1.54) is 16.8 Å². The van der Waals surface area contributed by atoms with Gasteiger partial charge in [0, 0.05) is 71.3 Å². The molecule has 0 radical (unpaired) electrons. The highest BCUT2D eigenvalue weighted by Gasteiger charge is 2.32. The van der Waals surface area contributed by atoms with Gasteiger partial charge in [0.25, 0.3) is 0 Å². The smallest absolute Gasteiger partial charge is 0.309 e. The first-order valence-corrected chi connectivity index (χ1v) is 25.6. The van der Waals surface area contributed by atoms with Gasteiger partial charge in [0.05, 0.1) is 68.0 Å². The van der Waals surface area contributed by atoms with E-state index >= 15 is 0 Å². The SMILES string of the molecule is [C-]#[N+]c1cc(C(F)(F)F)ccc1-c1ccc(-n2c3ccccc3c3cc(-n4c5ccccc5c5ccccc54)ccc32)cc1-c1cc(C#N)ccc1-n1c2ccccc2c2cc(-n3c4ccccc4c4ccccc43)ccc21. The van der Waals surface area contributed by atoms with Crippen molar-refractivity contribution in [1.29, 1.82) is 5.26 Å². The molecule has 0 unspecified atom stereocenters. The van der Waals surface area contributed by atoms with E-state index in [9.17, 15) is 18.4 Å². The summed E-state index contributed by atoms with van der Waals surface area (Å²) in [5.74, 6) is 0. The second-order valence-electron chi connectivity index (χ2n) is 19.8.